The van der Waals surface area contributed by atoms with E-state index in [1.165, 1.54) is 31.7 Å². The molecule has 0 heterocycles. The molecule has 2 saturated carbocycles. The monoisotopic (exact) mass is 258 g/mol. The van der Waals surface area contributed by atoms with Crippen LogP contribution in [0, 0.1) is 34.9 Å². The first-order valence-corrected chi connectivity index (χ1v) is 7.17. The molecule has 0 bridgehead atoms. The smallest absolute Gasteiger partial charge is 0.140 e. The van der Waals surface area contributed by atoms with Crippen LogP contribution in [0.25, 0.3) is 0 Å². The minimum absolute atomic E-state index is 0.139. The minimum Gasteiger partial charge on any atom is -0.312 e. The number of nitrogens with one attached hydrogen (secondary N) is 1. The zero-order valence-corrected chi connectivity index (χ0v) is 11.0. The van der Waals surface area contributed by atoms with Crippen molar-refractivity contribution < 1.29 is 4.39 Å². The van der Waals surface area contributed by atoms with E-state index >= 15 is 0 Å². The molecule has 3 heteroatoms. The first-order chi connectivity index (χ1) is 9.28. The van der Waals surface area contributed by atoms with Crippen molar-refractivity contribution in [3.05, 3.63) is 35.1 Å². The molecular weight excluding hydrogens is 239 g/mol. The summed E-state index contributed by atoms with van der Waals surface area (Å²) in [6.45, 7) is 1.79. The Morgan fingerprint density at radius 1 is 1.26 bits per heavy atom. The lowest BCUT2D eigenvalue weighted by Crippen LogP contribution is -2.25. The maximum atomic E-state index is 13.2. The van der Waals surface area contributed by atoms with Gasteiger partial charge < -0.3 is 5.32 Å². The standard InChI is InChI=1S/C16H19FN2/c17-16-6-1-11(7-14(16)8-18)9-19-10-15(12-2-3-12)13-4-5-13/h1,6-7,12-13,15,19H,2-5,9-10H2. The lowest BCUT2D eigenvalue weighted by Gasteiger charge is -2.16. The molecule has 0 unspecified atom stereocenters. The second-order valence-electron chi connectivity index (χ2n) is 5.90. The molecule has 0 radical (unpaired) electrons. The molecule has 1 aromatic carbocycles. The number of hydrogen-bond acceptors (Lipinski definition) is 2. The summed E-state index contributed by atoms with van der Waals surface area (Å²) < 4.78 is 13.2. The lowest BCUT2D eigenvalue weighted by molar-refractivity contribution is 0.378. The molecule has 0 atom stereocenters. The predicted molar refractivity (Wildman–Crippen MR) is 71.8 cm³/mol. The summed E-state index contributed by atoms with van der Waals surface area (Å²) in [6.07, 6.45) is 5.60. The fourth-order valence-corrected chi connectivity index (χ4v) is 2.92. The SMILES string of the molecule is N#Cc1cc(CNCC(C2CC2)C2CC2)ccc1F. The highest BCUT2D eigenvalue weighted by Crippen LogP contribution is 2.48. The fraction of sp³-hybridized carbons (Fsp3) is 0.562. The summed E-state index contributed by atoms with van der Waals surface area (Å²) in [7, 11) is 0. The van der Waals surface area contributed by atoms with E-state index in [-0.39, 0.29) is 5.56 Å². The fourth-order valence-electron chi connectivity index (χ4n) is 2.92. The highest BCUT2D eigenvalue weighted by molar-refractivity contribution is 5.34. The minimum atomic E-state index is -0.430. The summed E-state index contributed by atoms with van der Waals surface area (Å²) >= 11 is 0. The lowest BCUT2D eigenvalue weighted by atomic mass is 9.98. The highest BCUT2D eigenvalue weighted by atomic mass is 19.1. The van der Waals surface area contributed by atoms with Crippen molar-refractivity contribution in [2.24, 2.45) is 17.8 Å². The molecule has 2 aliphatic rings. The first-order valence-electron chi connectivity index (χ1n) is 7.17. The molecule has 100 valence electrons. The normalized spacial score (nSPS) is 18.6. The zero-order chi connectivity index (χ0) is 13.2. The van der Waals surface area contributed by atoms with Crippen molar-refractivity contribution in [3.63, 3.8) is 0 Å². The van der Waals surface area contributed by atoms with Crippen molar-refractivity contribution in [1.82, 2.24) is 5.32 Å². The molecule has 0 spiro atoms. The molecule has 1 N–H and O–H groups in total. The van der Waals surface area contributed by atoms with Crippen LogP contribution in [0.1, 0.15) is 36.8 Å². The number of rotatable bonds is 6. The van der Waals surface area contributed by atoms with E-state index in [9.17, 15) is 4.39 Å². The van der Waals surface area contributed by atoms with Crippen molar-refractivity contribution in [3.8, 4) is 6.07 Å². The molecule has 2 aliphatic carbocycles. The van der Waals surface area contributed by atoms with E-state index < -0.39 is 5.82 Å². The van der Waals surface area contributed by atoms with Gasteiger partial charge in [0.1, 0.15) is 11.9 Å². The van der Waals surface area contributed by atoms with Gasteiger partial charge in [0.25, 0.3) is 0 Å². The van der Waals surface area contributed by atoms with Crippen LogP contribution in [0.2, 0.25) is 0 Å². The van der Waals surface area contributed by atoms with E-state index in [1.807, 2.05) is 6.07 Å². The Hall–Kier alpha value is -1.40. The van der Waals surface area contributed by atoms with E-state index in [4.69, 9.17) is 5.26 Å². The Morgan fingerprint density at radius 2 is 1.95 bits per heavy atom. The molecule has 2 nitrogen and oxygen atoms in total. The second-order valence-corrected chi connectivity index (χ2v) is 5.90. The number of nitriles is 1. The van der Waals surface area contributed by atoms with E-state index in [0.29, 0.717) is 0 Å². The van der Waals surface area contributed by atoms with Crippen molar-refractivity contribution in [2.45, 2.75) is 32.2 Å². The van der Waals surface area contributed by atoms with E-state index in [2.05, 4.69) is 5.32 Å². The van der Waals surface area contributed by atoms with Crippen molar-refractivity contribution in [1.29, 1.82) is 5.26 Å². The maximum absolute atomic E-state index is 13.2. The summed E-state index contributed by atoms with van der Waals surface area (Å²) in [6, 6.07) is 6.67. The summed E-state index contributed by atoms with van der Waals surface area (Å²) in [5, 5.41) is 12.3. The third kappa shape index (κ3) is 3.13. The Bertz CT molecular complexity index is 486. The molecule has 0 aromatic heterocycles. The van der Waals surface area contributed by atoms with E-state index in [1.54, 1.807) is 12.1 Å². The van der Waals surface area contributed by atoms with Crippen LogP contribution in [-0.2, 0) is 6.54 Å². The van der Waals surface area contributed by atoms with Gasteiger partial charge in [-0.2, -0.15) is 5.26 Å². The average Bonchev–Trinajstić information content (AvgIpc) is 3.28. The van der Waals surface area contributed by atoms with Crippen molar-refractivity contribution in [2.75, 3.05) is 6.54 Å². The van der Waals surface area contributed by atoms with Gasteiger partial charge in [-0.25, -0.2) is 4.39 Å². The number of hydrogen-bond donors (Lipinski definition) is 1. The second kappa shape index (κ2) is 5.30. The summed E-state index contributed by atoms with van der Waals surface area (Å²) in [4.78, 5) is 0. The van der Waals surface area contributed by atoms with Gasteiger partial charge in [-0.1, -0.05) is 6.07 Å². The van der Waals surface area contributed by atoms with Crippen LogP contribution in [0.3, 0.4) is 0 Å². The molecular formula is C16H19FN2. The third-order valence-corrected chi connectivity index (χ3v) is 4.32. The van der Waals surface area contributed by atoms with Gasteiger partial charge in [-0.15, -0.1) is 0 Å². The Labute approximate surface area is 113 Å². The van der Waals surface area contributed by atoms with Gasteiger partial charge in [-0.3, -0.25) is 0 Å². The van der Waals surface area contributed by atoms with Crippen LogP contribution >= 0.6 is 0 Å². The van der Waals surface area contributed by atoms with Crippen molar-refractivity contribution >= 4 is 0 Å². The van der Waals surface area contributed by atoms with Crippen LogP contribution in [0.15, 0.2) is 18.2 Å². The molecule has 0 aliphatic heterocycles. The third-order valence-electron chi connectivity index (χ3n) is 4.32. The Morgan fingerprint density at radius 3 is 2.53 bits per heavy atom. The molecule has 19 heavy (non-hydrogen) atoms. The van der Waals surface area contributed by atoms with Crippen LogP contribution in [0.5, 0.6) is 0 Å². The van der Waals surface area contributed by atoms with Gasteiger partial charge in [0.05, 0.1) is 5.56 Å². The van der Waals surface area contributed by atoms with Gasteiger partial charge in [0.2, 0.25) is 0 Å². The maximum Gasteiger partial charge on any atom is 0.140 e. The topological polar surface area (TPSA) is 35.8 Å². The van der Waals surface area contributed by atoms with Crippen LogP contribution in [-0.4, -0.2) is 6.54 Å². The molecule has 0 saturated heterocycles. The average molecular weight is 258 g/mol. The van der Waals surface area contributed by atoms with Gasteiger partial charge >= 0.3 is 0 Å². The first kappa shape index (κ1) is 12.6. The van der Waals surface area contributed by atoms with E-state index in [0.717, 1.165) is 36.4 Å². The summed E-state index contributed by atoms with van der Waals surface area (Å²) in [5.74, 6) is 2.31. The number of nitrogens with zero attached hydrogens (tertiary/aromatic N) is 1. The zero-order valence-electron chi connectivity index (χ0n) is 11.0. The molecule has 2 fully saturated rings. The molecule has 3 rings (SSSR count). The largest absolute Gasteiger partial charge is 0.312 e. The Balaban J connectivity index is 1.53. The number of benzene rings is 1. The van der Waals surface area contributed by atoms with Gasteiger partial charge in [0.15, 0.2) is 0 Å². The van der Waals surface area contributed by atoms with Gasteiger partial charge in [-0.05, 0) is 67.7 Å². The highest BCUT2D eigenvalue weighted by Gasteiger charge is 2.40. The predicted octanol–water partition coefficient (Wildman–Crippen LogP) is 3.22. The van der Waals surface area contributed by atoms with Crippen LogP contribution < -0.4 is 5.32 Å². The van der Waals surface area contributed by atoms with Crippen LogP contribution in [0.4, 0.5) is 4.39 Å². The number of halogens is 1. The quantitative estimate of drug-likeness (QED) is 0.850. The Kier molecular flexibility index (Phi) is 3.52. The summed E-state index contributed by atoms with van der Waals surface area (Å²) in [5.41, 5.74) is 1.13. The molecule has 1 aromatic rings. The van der Waals surface area contributed by atoms with Gasteiger partial charge in [0, 0.05) is 6.54 Å². The molecule has 0 amide bonds.